The third-order valence-electron chi connectivity index (χ3n) is 6.03. The molecule has 0 spiro atoms. The van der Waals surface area contributed by atoms with E-state index in [9.17, 15) is 9.59 Å². The lowest BCUT2D eigenvalue weighted by atomic mass is 10.1. The zero-order valence-corrected chi connectivity index (χ0v) is 16.7. The van der Waals surface area contributed by atoms with Crippen molar-refractivity contribution in [3.63, 3.8) is 0 Å². The summed E-state index contributed by atoms with van der Waals surface area (Å²) in [4.78, 5) is 30.1. The fourth-order valence-electron chi connectivity index (χ4n) is 4.31. The molecule has 150 valence electrons. The van der Waals surface area contributed by atoms with E-state index in [0.717, 1.165) is 56.0 Å². The molecule has 3 heterocycles. The van der Waals surface area contributed by atoms with Gasteiger partial charge in [-0.25, -0.2) is 4.68 Å². The first-order valence-corrected chi connectivity index (χ1v) is 10.1. The first-order valence-electron chi connectivity index (χ1n) is 10.1. The Hall–Kier alpha value is -2.38. The number of rotatable bonds is 4. The lowest BCUT2D eigenvalue weighted by molar-refractivity contribution is -0.133. The Kier molecular flexibility index (Phi) is 5.37. The van der Waals surface area contributed by atoms with E-state index in [4.69, 9.17) is 0 Å². The van der Waals surface area contributed by atoms with Gasteiger partial charge in [-0.1, -0.05) is 18.2 Å². The van der Waals surface area contributed by atoms with Gasteiger partial charge in [-0.3, -0.25) is 19.2 Å². The maximum atomic E-state index is 13.1. The number of likely N-dealkylation sites (tertiary alicyclic amines) is 1. The number of carbonyl (C=O) groups excluding carboxylic acids is 1. The largest absolute Gasteiger partial charge is 0.341 e. The Morgan fingerprint density at radius 3 is 2.57 bits per heavy atom. The van der Waals surface area contributed by atoms with Crippen LogP contribution in [-0.2, 0) is 18.4 Å². The van der Waals surface area contributed by atoms with Crippen LogP contribution in [0.5, 0.6) is 0 Å². The maximum Gasteiger partial charge on any atom is 0.276 e. The number of para-hydroxylation sites is 1. The Morgan fingerprint density at radius 2 is 1.86 bits per heavy atom. The lowest BCUT2D eigenvalue weighted by Crippen LogP contribution is -2.57. The zero-order chi connectivity index (χ0) is 19.7. The number of aromatic nitrogens is 2. The Labute approximate surface area is 165 Å². The molecular formula is C21H29N5O2. The summed E-state index contributed by atoms with van der Waals surface area (Å²) in [5.41, 5.74) is 2.66. The van der Waals surface area contributed by atoms with Gasteiger partial charge in [0.05, 0.1) is 17.3 Å². The monoisotopic (exact) mass is 383 g/mol. The van der Waals surface area contributed by atoms with Crippen molar-refractivity contribution in [2.24, 2.45) is 7.05 Å². The van der Waals surface area contributed by atoms with Crippen molar-refractivity contribution in [2.75, 3.05) is 32.7 Å². The molecule has 4 rings (SSSR count). The second-order valence-electron chi connectivity index (χ2n) is 7.81. The topological polar surface area (TPSA) is 62.5 Å². The highest BCUT2D eigenvalue weighted by molar-refractivity contribution is 5.82. The molecular weight excluding hydrogens is 354 g/mol. The van der Waals surface area contributed by atoms with Gasteiger partial charge in [0.15, 0.2) is 0 Å². The number of amides is 1. The van der Waals surface area contributed by atoms with Crippen LogP contribution in [0, 0.1) is 6.92 Å². The Morgan fingerprint density at radius 1 is 1.14 bits per heavy atom. The molecule has 28 heavy (non-hydrogen) atoms. The van der Waals surface area contributed by atoms with Crippen molar-refractivity contribution in [3.8, 4) is 5.69 Å². The zero-order valence-electron chi connectivity index (χ0n) is 16.7. The predicted molar refractivity (Wildman–Crippen MR) is 109 cm³/mol. The van der Waals surface area contributed by atoms with Gasteiger partial charge in [-0.05, 0) is 31.9 Å². The molecule has 1 aromatic carbocycles. The SMILES string of the molecule is Cc1c(CN2CCNC(C(=O)N3CCCC3)C2)c(=O)n(-c2ccccc2)n1C. The molecule has 2 aromatic rings. The van der Waals surface area contributed by atoms with E-state index in [1.165, 1.54) is 0 Å². The molecule has 0 aliphatic carbocycles. The van der Waals surface area contributed by atoms with Crippen LogP contribution in [0.15, 0.2) is 35.1 Å². The van der Waals surface area contributed by atoms with Crippen molar-refractivity contribution in [3.05, 3.63) is 51.9 Å². The summed E-state index contributed by atoms with van der Waals surface area (Å²) in [5, 5.41) is 3.36. The molecule has 2 saturated heterocycles. The van der Waals surface area contributed by atoms with E-state index in [1.54, 1.807) is 4.68 Å². The van der Waals surface area contributed by atoms with Crippen LogP contribution >= 0.6 is 0 Å². The predicted octanol–water partition coefficient (Wildman–Crippen LogP) is 0.881. The van der Waals surface area contributed by atoms with Crippen molar-refractivity contribution in [1.29, 1.82) is 0 Å². The summed E-state index contributed by atoms with van der Waals surface area (Å²) in [6, 6.07) is 9.54. The van der Waals surface area contributed by atoms with E-state index >= 15 is 0 Å². The first kappa shape index (κ1) is 19.0. The molecule has 2 aliphatic rings. The van der Waals surface area contributed by atoms with E-state index < -0.39 is 0 Å². The van der Waals surface area contributed by atoms with Gasteiger partial charge in [0.25, 0.3) is 5.56 Å². The molecule has 0 saturated carbocycles. The molecule has 2 aliphatic heterocycles. The number of benzene rings is 1. The molecule has 0 bridgehead atoms. The van der Waals surface area contributed by atoms with E-state index in [0.29, 0.717) is 13.1 Å². The summed E-state index contributed by atoms with van der Waals surface area (Å²) < 4.78 is 3.64. The Balaban J connectivity index is 1.53. The smallest absolute Gasteiger partial charge is 0.276 e. The highest BCUT2D eigenvalue weighted by Crippen LogP contribution is 2.15. The summed E-state index contributed by atoms with van der Waals surface area (Å²) in [6.45, 7) is 6.56. The van der Waals surface area contributed by atoms with Crippen molar-refractivity contribution in [2.45, 2.75) is 32.4 Å². The standard InChI is InChI=1S/C21H29N5O2/c1-16-18(20(27)26(23(16)2)17-8-4-3-5-9-17)14-24-13-10-22-19(15-24)21(28)25-11-6-7-12-25/h3-5,8-9,19,22H,6-7,10-15H2,1-2H3. The van der Waals surface area contributed by atoms with Crippen LogP contribution in [0.2, 0.25) is 0 Å². The van der Waals surface area contributed by atoms with Crippen molar-refractivity contribution >= 4 is 5.91 Å². The molecule has 0 radical (unpaired) electrons. The van der Waals surface area contributed by atoms with Crippen molar-refractivity contribution < 1.29 is 4.79 Å². The molecule has 7 nitrogen and oxygen atoms in total. The minimum Gasteiger partial charge on any atom is -0.341 e. The minimum absolute atomic E-state index is 0.0205. The number of carbonyl (C=O) groups is 1. The van der Waals surface area contributed by atoms with Gasteiger partial charge in [-0.15, -0.1) is 0 Å². The normalized spacial score (nSPS) is 20.6. The van der Waals surface area contributed by atoms with Crippen LogP contribution in [-0.4, -0.2) is 63.8 Å². The summed E-state index contributed by atoms with van der Waals surface area (Å²) in [6.07, 6.45) is 2.20. The summed E-state index contributed by atoms with van der Waals surface area (Å²) >= 11 is 0. The molecule has 1 aromatic heterocycles. The third-order valence-corrected chi connectivity index (χ3v) is 6.03. The second-order valence-corrected chi connectivity index (χ2v) is 7.81. The molecule has 1 atom stereocenters. The maximum absolute atomic E-state index is 13.1. The molecule has 1 N–H and O–H groups in total. The fraction of sp³-hybridized carbons (Fsp3) is 0.524. The van der Waals surface area contributed by atoms with Gasteiger partial charge in [0.2, 0.25) is 5.91 Å². The number of nitrogens with zero attached hydrogens (tertiary/aromatic N) is 4. The number of hydrogen-bond acceptors (Lipinski definition) is 4. The lowest BCUT2D eigenvalue weighted by Gasteiger charge is -2.34. The van der Waals surface area contributed by atoms with Crippen LogP contribution in [0.4, 0.5) is 0 Å². The van der Waals surface area contributed by atoms with Crippen LogP contribution in [0.25, 0.3) is 5.69 Å². The molecule has 1 amide bonds. The molecule has 1 unspecified atom stereocenters. The van der Waals surface area contributed by atoms with Gasteiger partial charge < -0.3 is 10.2 Å². The second kappa shape index (κ2) is 7.93. The van der Waals surface area contributed by atoms with Gasteiger partial charge in [0.1, 0.15) is 0 Å². The van der Waals surface area contributed by atoms with E-state index in [1.807, 2.05) is 53.9 Å². The quantitative estimate of drug-likeness (QED) is 0.852. The number of piperazine rings is 1. The fourth-order valence-corrected chi connectivity index (χ4v) is 4.31. The van der Waals surface area contributed by atoms with Gasteiger partial charge >= 0.3 is 0 Å². The highest BCUT2D eigenvalue weighted by Gasteiger charge is 2.31. The third kappa shape index (κ3) is 3.52. The number of nitrogens with one attached hydrogen (secondary N) is 1. The van der Waals surface area contributed by atoms with Crippen LogP contribution in [0.3, 0.4) is 0 Å². The van der Waals surface area contributed by atoms with E-state index in [2.05, 4.69) is 10.2 Å². The first-order chi connectivity index (χ1) is 13.6. The molecule has 7 heteroatoms. The highest BCUT2D eigenvalue weighted by atomic mass is 16.2. The van der Waals surface area contributed by atoms with Crippen LogP contribution in [0.1, 0.15) is 24.1 Å². The van der Waals surface area contributed by atoms with Crippen molar-refractivity contribution in [1.82, 2.24) is 24.5 Å². The Bertz CT molecular complexity index is 896. The van der Waals surface area contributed by atoms with Gasteiger partial charge in [-0.2, -0.15) is 0 Å². The van der Waals surface area contributed by atoms with E-state index in [-0.39, 0.29) is 17.5 Å². The summed E-state index contributed by atoms with van der Waals surface area (Å²) in [7, 11) is 1.92. The minimum atomic E-state index is -0.174. The van der Waals surface area contributed by atoms with Gasteiger partial charge in [0, 0.05) is 52.0 Å². The van der Waals surface area contributed by atoms with Crippen LogP contribution < -0.4 is 10.9 Å². The number of hydrogen-bond donors (Lipinski definition) is 1. The average Bonchev–Trinajstić information content (AvgIpc) is 3.32. The molecule has 2 fully saturated rings. The average molecular weight is 383 g/mol. The summed E-state index contributed by atoms with van der Waals surface area (Å²) in [5.74, 6) is 0.202.